The van der Waals surface area contributed by atoms with E-state index in [9.17, 15) is 0 Å². The molecule has 0 spiro atoms. The van der Waals surface area contributed by atoms with E-state index in [0.717, 1.165) is 31.2 Å². The van der Waals surface area contributed by atoms with Gasteiger partial charge in [0.2, 0.25) is 0 Å². The van der Waals surface area contributed by atoms with E-state index in [0.29, 0.717) is 12.1 Å². The normalized spacial score (nSPS) is 27.7. The molecule has 1 saturated heterocycles. The van der Waals surface area contributed by atoms with Crippen molar-refractivity contribution in [1.29, 1.82) is 0 Å². The van der Waals surface area contributed by atoms with Crippen molar-refractivity contribution in [2.24, 2.45) is 0 Å². The van der Waals surface area contributed by atoms with E-state index in [1.54, 1.807) is 0 Å². The fourth-order valence-corrected chi connectivity index (χ4v) is 2.47. The Bertz CT molecular complexity index is 336. The van der Waals surface area contributed by atoms with Crippen LogP contribution in [0, 0.1) is 6.92 Å². The lowest BCUT2D eigenvalue weighted by Crippen LogP contribution is -2.42. The number of furan rings is 1. The molecule has 2 unspecified atom stereocenters. The van der Waals surface area contributed by atoms with E-state index >= 15 is 0 Å². The van der Waals surface area contributed by atoms with Crippen molar-refractivity contribution in [3.8, 4) is 0 Å². The molecule has 0 aliphatic carbocycles. The fourth-order valence-electron chi connectivity index (χ4n) is 2.47. The third-order valence-corrected chi connectivity index (χ3v) is 3.50. The van der Waals surface area contributed by atoms with Gasteiger partial charge in [-0.25, -0.2) is 0 Å². The molecule has 3 heteroatoms. The molecule has 2 atom stereocenters. The van der Waals surface area contributed by atoms with Crippen molar-refractivity contribution >= 4 is 0 Å². The van der Waals surface area contributed by atoms with Crippen LogP contribution in [0.15, 0.2) is 16.5 Å². The quantitative estimate of drug-likeness (QED) is 0.855. The maximum absolute atomic E-state index is 5.65. The van der Waals surface area contributed by atoms with Crippen molar-refractivity contribution in [2.75, 3.05) is 13.1 Å². The Labute approximate surface area is 104 Å². The molecule has 0 saturated carbocycles. The van der Waals surface area contributed by atoms with E-state index in [-0.39, 0.29) is 0 Å². The van der Waals surface area contributed by atoms with Crippen molar-refractivity contribution in [3.63, 3.8) is 0 Å². The van der Waals surface area contributed by atoms with Gasteiger partial charge in [0.15, 0.2) is 0 Å². The Kier molecular flexibility index (Phi) is 4.24. The first kappa shape index (κ1) is 12.7. The van der Waals surface area contributed by atoms with Crippen molar-refractivity contribution in [2.45, 2.75) is 52.2 Å². The fraction of sp³-hybridized carbons (Fsp3) is 0.714. The maximum Gasteiger partial charge on any atom is 0.118 e. The summed E-state index contributed by atoms with van der Waals surface area (Å²) in [4.78, 5) is 2.51. The lowest BCUT2D eigenvalue weighted by Gasteiger charge is -2.30. The Morgan fingerprint density at radius 1 is 1.24 bits per heavy atom. The van der Waals surface area contributed by atoms with Gasteiger partial charge in [-0.3, -0.25) is 4.90 Å². The molecule has 2 rings (SSSR count). The molecular formula is C14H24N2O. The van der Waals surface area contributed by atoms with Gasteiger partial charge in [0, 0.05) is 25.2 Å². The zero-order valence-electron chi connectivity index (χ0n) is 11.2. The third kappa shape index (κ3) is 3.86. The first-order valence-corrected chi connectivity index (χ1v) is 6.67. The van der Waals surface area contributed by atoms with Crippen LogP contribution in [0.3, 0.4) is 0 Å². The van der Waals surface area contributed by atoms with E-state index in [1.807, 2.05) is 13.0 Å². The van der Waals surface area contributed by atoms with Crippen LogP contribution in [0.2, 0.25) is 0 Å². The molecule has 96 valence electrons. The van der Waals surface area contributed by atoms with Gasteiger partial charge in [0.1, 0.15) is 11.5 Å². The molecule has 1 N–H and O–H groups in total. The maximum atomic E-state index is 5.65. The molecule has 1 aliphatic heterocycles. The van der Waals surface area contributed by atoms with Gasteiger partial charge in [0.05, 0.1) is 6.54 Å². The highest BCUT2D eigenvalue weighted by atomic mass is 16.3. The molecule has 1 aromatic rings. The number of rotatable bonds is 2. The van der Waals surface area contributed by atoms with Crippen molar-refractivity contribution in [3.05, 3.63) is 23.7 Å². The summed E-state index contributed by atoms with van der Waals surface area (Å²) in [6.45, 7) is 9.81. The summed E-state index contributed by atoms with van der Waals surface area (Å²) in [5.74, 6) is 2.10. The van der Waals surface area contributed by atoms with Crippen LogP contribution < -0.4 is 5.32 Å². The Morgan fingerprint density at radius 2 is 1.88 bits per heavy atom. The van der Waals surface area contributed by atoms with Crippen LogP contribution in [0.5, 0.6) is 0 Å². The molecule has 0 radical (unpaired) electrons. The summed E-state index contributed by atoms with van der Waals surface area (Å²) < 4.78 is 5.65. The molecule has 0 aromatic carbocycles. The van der Waals surface area contributed by atoms with Crippen LogP contribution in [-0.2, 0) is 6.54 Å². The van der Waals surface area contributed by atoms with Crippen molar-refractivity contribution < 1.29 is 4.42 Å². The molecule has 0 amide bonds. The Balaban J connectivity index is 1.91. The van der Waals surface area contributed by atoms with Gasteiger partial charge < -0.3 is 9.73 Å². The second kappa shape index (κ2) is 5.69. The predicted octanol–water partition coefficient (Wildman–Crippen LogP) is 2.55. The van der Waals surface area contributed by atoms with Gasteiger partial charge in [-0.05, 0) is 45.7 Å². The van der Waals surface area contributed by atoms with Crippen molar-refractivity contribution in [1.82, 2.24) is 10.2 Å². The average molecular weight is 236 g/mol. The van der Waals surface area contributed by atoms with Crippen LogP contribution in [0.25, 0.3) is 0 Å². The number of hydrogen-bond donors (Lipinski definition) is 1. The third-order valence-electron chi connectivity index (χ3n) is 3.50. The van der Waals surface area contributed by atoms with E-state index in [4.69, 9.17) is 4.42 Å². The molecule has 0 bridgehead atoms. The van der Waals surface area contributed by atoms with E-state index < -0.39 is 0 Å². The topological polar surface area (TPSA) is 28.4 Å². The van der Waals surface area contributed by atoms with E-state index in [1.165, 1.54) is 12.8 Å². The smallest absolute Gasteiger partial charge is 0.118 e. The lowest BCUT2D eigenvalue weighted by atomic mass is 10.1. The molecule has 1 aromatic heterocycles. The first-order valence-electron chi connectivity index (χ1n) is 6.67. The summed E-state index contributed by atoms with van der Waals surface area (Å²) in [6, 6.07) is 5.38. The summed E-state index contributed by atoms with van der Waals surface area (Å²) >= 11 is 0. The second-order valence-corrected chi connectivity index (χ2v) is 5.33. The Morgan fingerprint density at radius 3 is 2.41 bits per heavy atom. The summed E-state index contributed by atoms with van der Waals surface area (Å²) in [7, 11) is 0. The summed E-state index contributed by atoms with van der Waals surface area (Å²) in [5.41, 5.74) is 0. The minimum atomic E-state index is 0.617. The molecule has 3 nitrogen and oxygen atoms in total. The zero-order valence-corrected chi connectivity index (χ0v) is 11.2. The highest BCUT2D eigenvalue weighted by molar-refractivity contribution is 5.05. The average Bonchev–Trinajstić information content (AvgIpc) is 2.66. The van der Waals surface area contributed by atoms with Crippen LogP contribution >= 0.6 is 0 Å². The number of aryl methyl sites for hydroxylation is 1. The van der Waals surface area contributed by atoms with Gasteiger partial charge in [-0.2, -0.15) is 0 Å². The Hall–Kier alpha value is -0.800. The van der Waals surface area contributed by atoms with E-state index in [2.05, 4.69) is 30.1 Å². The highest BCUT2D eigenvalue weighted by Gasteiger charge is 2.16. The molecule has 17 heavy (non-hydrogen) atoms. The van der Waals surface area contributed by atoms with Gasteiger partial charge in [-0.15, -0.1) is 0 Å². The standard InChI is InChI=1S/C14H24N2O/c1-11-6-8-16(9-7-12(2)15-11)10-14-5-4-13(3)17-14/h4-5,11-12,15H,6-10H2,1-3H3. The monoisotopic (exact) mass is 236 g/mol. The SMILES string of the molecule is Cc1ccc(CN2CCC(C)NC(C)CC2)o1. The molecular weight excluding hydrogens is 212 g/mol. The number of nitrogens with zero attached hydrogens (tertiary/aromatic N) is 1. The molecule has 1 aliphatic rings. The number of nitrogens with one attached hydrogen (secondary N) is 1. The highest BCUT2D eigenvalue weighted by Crippen LogP contribution is 2.13. The van der Waals surface area contributed by atoms with Gasteiger partial charge >= 0.3 is 0 Å². The summed E-state index contributed by atoms with van der Waals surface area (Å²) in [5, 5.41) is 3.62. The lowest BCUT2D eigenvalue weighted by molar-refractivity contribution is 0.198. The van der Waals surface area contributed by atoms with Crippen LogP contribution in [-0.4, -0.2) is 30.1 Å². The minimum absolute atomic E-state index is 0.617. The molecule has 2 heterocycles. The molecule has 1 fully saturated rings. The van der Waals surface area contributed by atoms with Crippen LogP contribution in [0.4, 0.5) is 0 Å². The largest absolute Gasteiger partial charge is 0.465 e. The second-order valence-electron chi connectivity index (χ2n) is 5.33. The first-order chi connectivity index (χ1) is 8.13. The predicted molar refractivity (Wildman–Crippen MR) is 70.0 cm³/mol. The van der Waals surface area contributed by atoms with Crippen LogP contribution in [0.1, 0.15) is 38.2 Å². The zero-order chi connectivity index (χ0) is 12.3. The van der Waals surface area contributed by atoms with Gasteiger partial charge in [-0.1, -0.05) is 0 Å². The minimum Gasteiger partial charge on any atom is -0.465 e. The van der Waals surface area contributed by atoms with Gasteiger partial charge in [0.25, 0.3) is 0 Å². The number of hydrogen-bond acceptors (Lipinski definition) is 3. The summed E-state index contributed by atoms with van der Waals surface area (Å²) in [6.07, 6.45) is 2.42.